The zero-order valence-corrected chi connectivity index (χ0v) is 20.0. The van der Waals surface area contributed by atoms with Crippen molar-refractivity contribution in [2.45, 2.75) is 20.3 Å². The fourth-order valence-corrected chi connectivity index (χ4v) is 3.77. The van der Waals surface area contributed by atoms with Crippen molar-refractivity contribution in [1.82, 2.24) is 10.1 Å². The Morgan fingerprint density at radius 3 is 2.43 bits per heavy atom. The Bertz CT molecular complexity index is 1320. The minimum Gasteiger partial charge on any atom is -0.493 e. The number of carbonyl (C=O) groups excluding carboxylic acids is 1. The molecule has 180 valence electrons. The molecule has 1 aromatic heterocycles. The molecule has 0 fully saturated rings. The van der Waals surface area contributed by atoms with Gasteiger partial charge < -0.3 is 25.0 Å². The van der Waals surface area contributed by atoms with Gasteiger partial charge in [0.1, 0.15) is 6.61 Å². The van der Waals surface area contributed by atoms with Gasteiger partial charge in [-0.25, -0.2) is 0 Å². The molecule has 4 rings (SSSR count). The van der Waals surface area contributed by atoms with Gasteiger partial charge in [0.05, 0.1) is 13.5 Å². The van der Waals surface area contributed by atoms with Crippen molar-refractivity contribution in [2.75, 3.05) is 25.6 Å². The van der Waals surface area contributed by atoms with Gasteiger partial charge in [-0.15, -0.1) is 0 Å². The lowest BCUT2D eigenvalue weighted by atomic mass is 9.97. The summed E-state index contributed by atoms with van der Waals surface area (Å²) in [6.07, 6.45) is 0.250. The minimum absolute atomic E-state index is 0.122. The van der Waals surface area contributed by atoms with Crippen molar-refractivity contribution in [1.29, 1.82) is 0 Å². The van der Waals surface area contributed by atoms with Crippen LogP contribution in [0, 0.1) is 13.8 Å². The molecular weight excluding hydrogens is 444 g/mol. The van der Waals surface area contributed by atoms with Gasteiger partial charge in [-0.1, -0.05) is 41.6 Å². The molecule has 0 saturated carbocycles. The molecule has 0 saturated heterocycles. The smallest absolute Gasteiger partial charge is 0.228 e. The number of hydrogen-bond acceptors (Lipinski definition) is 7. The zero-order valence-electron chi connectivity index (χ0n) is 20.0. The molecule has 4 aromatic rings. The van der Waals surface area contributed by atoms with Gasteiger partial charge >= 0.3 is 0 Å². The SMILES string of the molecule is COc1ccc(NC(=O)Cc2ccc(-c3ccc(-c4noc(C)n4)cc3C)cc2)cc1OCCN. The number of amides is 1. The van der Waals surface area contributed by atoms with Gasteiger partial charge in [-0.2, -0.15) is 4.98 Å². The quantitative estimate of drug-likeness (QED) is 0.367. The summed E-state index contributed by atoms with van der Waals surface area (Å²) < 4.78 is 16.0. The summed E-state index contributed by atoms with van der Waals surface area (Å²) >= 11 is 0. The first-order valence-electron chi connectivity index (χ1n) is 11.3. The molecule has 0 aliphatic heterocycles. The van der Waals surface area contributed by atoms with E-state index in [1.54, 1.807) is 32.2 Å². The van der Waals surface area contributed by atoms with E-state index in [0.29, 0.717) is 42.1 Å². The number of anilines is 1. The third kappa shape index (κ3) is 5.85. The zero-order chi connectivity index (χ0) is 24.8. The summed E-state index contributed by atoms with van der Waals surface area (Å²) in [4.78, 5) is 16.9. The minimum atomic E-state index is -0.122. The van der Waals surface area contributed by atoms with Crippen molar-refractivity contribution < 1.29 is 18.8 Å². The van der Waals surface area contributed by atoms with E-state index in [2.05, 4.69) is 15.5 Å². The fraction of sp³-hybridized carbons (Fsp3) is 0.222. The van der Waals surface area contributed by atoms with Crippen LogP contribution in [0.4, 0.5) is 5.69 Å². The molecule has 0 aliphatic carbocycles. The third-order valence-corrected chi connectivity index (χ3v) is 5.46. The Kier molecular flexibility index (Phi) is 7.42. The number of nitrogens with two attached hydrogens (primary N) is 1. The van der Waals surface area contributed by atoms with Crippen molar-refractivity contribution in [3.63, 3.8) is 0 Å². The molecule has 0 radical (unpaired) electrons. The predicted octanol–water partition coefficient (Wildman–Crippen LogP) is 4.55. The van der Waals surface area contributed by atoms with Gasteiger partial charge in [0.15, 0.2) is 11.5 Å². The maximum absolute atomic E-state index is 12.6. The number of carbonyl (C=O) groups is 1. The highest BCUT2D eigenvalue weighted by atomic mass is 16.5. The van der Waals surface area contributed by atoms with Crippen LogP contribution in [-0.2, 0) is 11.2 Å². The van der Waals surface area contributed by atoms with E-state index in [0.717, 1.165) is 27.8 Å². The summed E-state index contributed by atoms with van der Waals surface area (Å²) in [7, 11) is 1.57. The van der Waals surface area contributed by atoms with Crippen LogP contribution >= 0.6 is 0 Å². The van der Waals surface area contributed by atoms with E-state index < -0.39 is 0 Å². The number of ether oxygens (including phenoxy) is 2. The van der Waals surface area contributed by atoms with E-state index in [9.17, 15) is 4.79 Å². The van der Waals surface area contributed by atoms with Crippen LogP contribution in [0.3, 0.4) is 0 Å². The van der Waals surface area contributed by atoms with Crippen LogP contribution in [0.15, 0.2) is 65.2 Å². The van der Waals surface area contributed by atoms with Gasteiger partial charge in [-0.3, -0.25) is 4.79 Å². The van der Waals surface area contributed by atoms with Gasteiger partial charge in [-0.05, 0) is 47.4 Å². The highest BCUT2D eigenvalue weighted by Gasteiger charge is 2.11. The molecule has 35 heavy (non-hydrogen) atoms. The van der Waals surface area contributed by atoms with Crippen LogP contribution in [0.5, 0.6) is 11.5 Å². The average Bonchev–Trinajstić information content (AvgIpc) is 3.29. The Morgan fingerprint density at radius 1 is 1.00 bits per heavy atom. The molecule has 8 heteroatoms. The Morgan fingerprint density at radius 2 is 1.77 bits per heavy atom. The monoisotopic (exact) mass is 472 g/mol. The molecule has 3 aromatic carbocycles. The Balaban J connectivity index is 1.42. The number of nitrogens with one attached hydrogen (secondary N) is 1. The molecule has 0 bridgehead atoms. The molecule has 3 N–H and O–H groups in total. The number of benzene rings is 3. The lowest BCUT2D eigenvalue weighted by Gasteiger charge is -2.13. The van der Waals surface area contributed by atoms with E-state index in [1.807, 2.05) is 49.4 Å². The number of nitrogens with zero attached hydrogens (tertiary/aromatic N) is 2. The van der Waals surface area contributed by atoms with Crippen LogP contribution in [0.1, 0.15) is 17.0 Å². The predicted molar refractivity (Wildman–Crippen MR) is 135 cm³/mol. The summed E-state index contributed by atoms with van der Waals surface area (Å²) in [6.45, 7) is 4.57. The number of hydrogen-bond donors (Lipinski definition) is 2. The first-order valence-corrected chi connectivity index (χ1v) is 11.3. The van der Waals surface area contributed by atoms with Crippen molar-refractivity contribution in [2.24, 2.45) is 5.73 Å². The summed E-state index contributed by atoms with van der Waals surface area (Å²) in [5.74, 6) is 2.12. The number of aromatic nitrogens is 2. The van der Waals surface area contributed by atoms with E-state index in [1.165, 1.54) is 0 Å². The Hall–Kier alpha value is -4.17. The van der Waals surface area contributed by atoms with Gasteiger partial charge in [0, 0.05) is 30.8 Å². The first kappa shape index (κ1) is 24.0. The van der Waals surface area contributed by atoms with Crippen LogP contribution in [0.25, 0.3) is 22.5 Å². The second kappa shape index (κ2) is 10.8. The number of aryl methyl sites for hydroxylation is 2. The van der Waals surface area contributed by atoms with Gasteiger partial charge in [0.2, 0.25) is 17.6 Å². The summed E-state index contributed by atoms with van der Waals surface area (Å²) in [5, 5.41) is 6.90. The number of rotatable bonds is 9. The number of methoxy groups -OCH3 is 1. The second-order valence-electron chi connectivity index (χ2n) is 8.09. The van der Waals surface area contributed by atoms with E-state index in [-0.39, 0.29) is 12.3 Å². The maximum Gasteiger partial charge on any atom is 0.228 e. The standard InChI is InChI=1S/C27H28N4O4/c1-17-14-21(27-29-18(2)35-31-27)8-10-23(17)20-6-4-19(5-7-20)15-26(32)30-22-9-11-24(33-3)25(16-22)34-13-12-28/h4-11,14,16H,12-13,15,28H2,1-3H3,(H,30,32). The first-order chi connectivity index (χ1) is 17.0. The lowest BCUT2D eigenvalue weighted by molar-refractivity contribution is -0.115. The van der Waals surface area contributed by atoms with Crippen LogP contribution in [-0.4, -0.2) is 36.3 Å². The highest BCUT2D eigenvalue weighted by molar-refractivity contribution is 5.92. The topological polar surface area (TPSA) is 112 Å². The normalized spacial score (nSPS) is 10.7. The average molecular weight is 473 g/mol. The third-order valence-electron chi connectivity index (χ3n) is 5.46. The molecule has 0 atom stereocenters. The van der Waals surface area contributed by atoms with Crippen molar-refractivity contribution in [3.8, 4) is 34.0 Å². The maximum atomic E-state index is 12.6. The summed E-state index contributed by atoms with van der Waals surface area (Å²) in [6, 6.07) is 19.3. The molecule has 1 heterocycles. The van der Waals surface area contributed by atoms with E-state index in [4.69, 9.17) is 19.7 Å². The molecule has 0 spiro atoms. The second-order valence-corrected chi connectivity index (χ2v) is 8.09. The molecule has 8 nitrogen and oxygen atoms in total. The molecule has 1 amide bonds. The molecule has 0 unspecified atom stereocenters. The largest absolute Gasteiger partial charge is 0.493 e. The highest BCUT2D eigenvalue weighted by Crippen LogP contribution is 2.31. The summed E-state index contributed by atoms with van der Waals surface area (Å²) in [5.41, 5.74) is 11.2. The lowest BCUT2D eigenvalue weighted by Crippen LogP contribution is -2.15. The van der Waals surface area contributed by atoms with Crippen LogP contribution < -0.4 is 20.5 Å². The fourth-order valence-electron chi connectivity index (χ4n) is 3.77. The van der Waals surface area contributed by atoms with E-state index >= 15 is 0 Å². The van der Waals surface area contributed by atoms with Gasteiger partial charge in [0.25, 0.3) is 0 Å². The van der Waals surface area contributed by atoms with Crippen molar-refractivity contribution >= 4 is 11.6 Å². The molecule has 0 aliphatic rings. The van der Waals surface area contributed by atoms with Crippen LogP contribution in [0.2, 0.25) is 0 Å². The van der Waals surface area contributed by atoms with Crippen molar-refractivity contribution in [3.05, 3.63) is 77.7 Å². The molecular formula is C27H28N4O4. The Labute approximate surface area is 204 Å².